The molecule has 0 bridgehead atoms. The average Bonchev–Trinajstić information content (AvgIpc) is 2.57. The first-order chi connectivity index (χ1) is 12.3. The topological polar surface area (TPSA) is 66.5 Å². The molecule has 5 nitrogen and oxygen atoms in total. The summed E-state index contributed by atoms with van der Waals surface area (Å²) < 4.78 is 25.3. The number of carbonyl (C=O) groups excluding carboxylic acids is 1. The monoisotopic (exact) mass is 394 g/mol. The van der Waals surface area contributed by atoms with Crippen molar-refractivity contribution in [3.63, 3.8) is 0 Å². The minimum absolute atomic E-state index is 0.0872. The van der Waals surface area contributed by atoms with Crippen molar-refractivity contribution < 1.29 is 13.2 Å². The van der Waals surface area contributed by atoms with Gasteiger partial charge >= 0.3 is 0 Å². The number of benzene rings is 2. The number of sulfonamides is 1. The molecule has 0 heterocycles. The number of nitrogens with zero attached hydrogens (tertiary/aromatic N) is 1. The Labute approximate surface area is 160 Å². The first kappa shape index (κ1) is 20.4. The summed E-state index contributed by atoms with van der Waals surface area (Å²) in [7, 11) is -3.38. The molecule has 7 heteroatoms. The number of nitrogens with one attached hydrogen (secondary N) is 1. The van der Waals surface area contributed by atoms with Crippen LogP contribution < -0.4 is 5.32 Å². The van der Waals surface area contributed by atoms with Crippen molar-refractivity contribution in [3.05, 3.63) is 64.7 Å². The van der Waals surface area contributed by atoms with Crippen molar-refractivity contribution in [2.45, 2.75) is 19.8 Å². The maximum atomic E-state index is 12.2. The van der Waals surface area contributed by atoms with E-state index in [0.29, 0.717) is 23.7 Å². The van der Waals surface area contributed by atoms with E-state index in [1.807, 2.05) is 37.3 Å². The van der Waals surface area contributed by atoms with Crippen molar-refractivity contribution in [2.24, 2.45) is 0 Å². The normalized spacial score (nSPS) is 11.5. The Hall–Kier alpha value is -1.89. The molecule has 0 fully saturated rings. The summed E-state index contributed by atoms with van der Waals surface area (Å²) in [6.45, 7) is 2.34. The molecule has 0 aliphatic carbocycles. The van der Waals surface area contributed by atoms with Crippen LogP contribution in [0.25, 0.3) is 0 Å². The molecule has 26 heavy (non-hydrogen) atoms. The van der Waals surface area contributed by atoms with Gasteiger partial charge in [-0.25, -0.2) is 12.7 Å². The van der Waals surface area contributed by atoms with E-state index in [1.165, 1.54) is 10.6 Å². The van der Waals surface area contributed by atoms with Gasteiger partial charge in [-0.3, -0.25) is 4.79 Å². The quantitative estimate of drug-likeness (QED) is 0.745. The molecule has 2 aromatic rings. The Morgan fingerprint density at radius 2 is 1.81 bits per heavy atom. The Bertz CT molecular complexity index is 854. The molecule has 2 rings (SSSR count). The first-order valence-electron chi connectivity index (χ1n) is 8.31. The number of hydrogen-bond donors (Lipinski definition) is 1. The number of hydrogen-bond acceptors (Lipinski definition) is 3. The van der Waals surface area contributed by atoms with Gasteiger partial charge in [0, 0.05) is 30.2 Å². The van der Waals surface area contributed by atoms with Crippen molar-refractivity contribution in [2.75, 3.05) is 24.7 Å². The number of rotatable bonds is 8. The molecule has 1 N–H and O–H groups in total. The van der Waals surface area contributed by atoms with Gasteiger partial charge in [0.05, 0.1) is 6.26 Å². The fraction of sp³-hybridized carbons (Fsp3) is 0.316. The molecular formula is C19H23ClN2O3S. The van der Waals surface area contributed by atoms with Gasteiger partial charge in [0.25, 0.3) is 0 Å². The van der Waals surface area contributed by atoms with E-state index >= 15 is 0 Å². The summed E-state index contributed by atoms with van der Waals surface area (Å²) in [5.41, 5.74) is 2.59. The predicted octanol–water partition coefficient (Wildman–Crippen LogP) is 3.48. The third-order valence-corrected chi connectivity index (χ3v) is 5.55. The van der Waals surface area contributed by atoms with Crippen LogP contribution in [0.1, 0.15) is 17.5 Å². The minimum Gasteiger partial charge on any atom is -0.326 e. The zero-order chi connectivity index (χ0) is 19.2. The van der Waals surface area contributed by atoms with Gasteiger partial charge in [-0.2, -0.15) is 0 Å². The maximum Gasteiger partial charge on any atom is 0.225 e. The fourth-order valence-electron chi connectivity index (χ4n) is 2.55. The molecule has 1 amide bonds. The lowest BCUT2D eigenvalue weighted by Crippen LogP contribution is -2.34. The number of amides is 1. The van der Waals surface area contributed by atoms with E-state index in [-0.39, 0.29) is 18.9 Å². The minimum atomic E-state index is -3.38. The molecule has 0 saturated carbocycles. The second-order valence-electron chi connectivity index (χ2n) is 6.16. The summed E-state index contributed by atoms with van der Waals surface area (Å²) in [6, 6.07) is 14.9. The highest BCUT2D eigenvalue weighted by atomic mass is 35.5. The zero-order valence-electron chi connectivity index (χ0n) is 14.9. The van der Waals surface area contributed by atoms with E-state index in [0.717, 1.165) is 11.1 Å². The van der Waals surface area contributed by atoms with E-state index in [9.17, 15) is 13.2 Å². The van der Waals surface area contributed by atoms with Crippen LogP contribution in [0.2, 0.25) is 5.02 Å². The highest BCUT2D eigenvalue weighted by Crippen LogP contribution is 2.19. The fourth-order valence-corrected chi connectivity index (χ4v) is 3.62. The van der Waals surface area contributed by atoms with E-state index < -0.39 is 10.0 Å². The number of anilines is 1. The molecule has 0 spiro atoms. The Morgan fingerprint density at radius 3 is 2.42 bits per heavy atom. The van der Waals surface area contributed by atoms with Crippen molar-refractivity contribution in [1.82, 2.24) is 4.31 Å². The van der Waals surface area contributed by atoms with Gasteiger partial charge in [0.15, 0.2) is 0 Å². The molecule has 2 aromatic carbocycles. The SMILES string of the molecule is Cc1cc(Cl)ccc1NC(=O)CCN(CCc1ccccc1)S(C)(=O)=O. The molecule has 0 aliphatic rings. The van der Waals surface area contributed by atoms with E-state index in [4.69, 9.17) is 11.6 Å². The van der Waals surface area contributed by atoms with Crippen LogP contribution >= 0.6 is 11.6 Å². The number of halogens is 1. The van der Waals surface area contributed by atoms with Crippen LogP contribution in [0.15, 0.2) is 48.5 Å². The van der Waals surface area contributed by atoms with Crippen LogP contribution in [0.4, 0.5) is 5.69 Å². The highest BCUT2D eigenvalue weighted by Gasteiger charge is 2.18. The van der Waals surface area contributed by atoms with Crippen LogP contribution in [-0.2, 0) is 21.2 Å². The van der Waals surface area contributed by atoms with Gasteiger partial charge in [-0.15, -0.1) is 0 Å². The lowest BCUT2D eigenvalue weighted by atomic mass is 10.1. The summed E-state index contributed by atoms with van der Waals surface area (Å²) in [4.78, 5) is 12.2. The summed E-state index contributed by atoms with van der Waals surface area (Å²) >= 11 is 5.91. The molecule has 0 aromatic heterocycles. The third-order valence-electron chi connectivity index (χ3n) is 4.01. The van der Waals surface area contributed by atoms with Crippen LogP contribution in [0.3, 0.4) is 0 Å². The van der Waals surface area contributed by atoms with Gasteiger partial charge in [-0.05, 0) is 42.7 Å². The van der Waals surface area contributed by atoms with Gasteiger partial charge < -0.3 is 5.32 Å². The molecule has 0 aliphatic heterocycles. The van der Waals surface area contributed by atoms with Crippen molar-refractivity contribution in [1.29, 1.82) is 0 Å². The van der Waals surface area contributed by atoms with E-state index in [2.05, 4.69) is 5.32 Å². The van der Waals surface area contributed by atoms with E-state index in [1.54, 1.807) is 18.2 Å². The second kappa shape index (κ2) is 9.16. The zero-order valence-corrected chi connectivity index (χ0v) is 16.5. The summed E-state index contributed by atoms with van der Waals surface area (Å²) in [6.07, 6.45) is 1.86. The molecule has 0 saturated heterocycles. The summed E-state index contributed by atoms with van der Waals surface area (Å²) in [5.74, 6) is -0.233. The van der Waals surface area contributed by atoms with Crippen LogP contribution in [0, 0.1) is 6.92 Å². The first-order valence-corrected chi connectivity index (χ1v) is 10.5. The largest absolute Gasteiger partial charge is 0.326 e. The highest BCUT2D eigenvalue weighted by molar-refractivity contribution is 7.88. The van der Waals surface area contributed by atoms with Crippen LogP contribution in [-0.4, -0.2) is 38.0 Å². The third kappa shape index (κ3) is 6.44. The second-order valence-corrected chi connectivity index (χ2v) is 8.57. The van der Waals surface area contributed by atoms with Gasteiger partial charge in [-0.1, -0.05) is 41.9 Å². The average molecular weight is 395 g/mol. The predicted molar refractivity (Wildman–Crippen MR) is 106 cm³/mol. The summed E-state index contributed by atoms with van der Waals surface area (Å²) in [5, 5.41) is 3.40. The number of carbonyl (C=O) groups is 1. The van der Waals surface area contributed by atoms with Crippen LogP contribution in [0.5, 0.6) is 0 Å². The molecule has 0 atom stereocenters. The molecular weight excluding hydrogens is 372 g/mol. The van der Waals surface area contributed by atoms with Gasteiger partial charge in [0.2, 0.25) is 15.9 Å². The van der Waals surface area contributed by atoms with Gasteiger partial charge in [0.1, 0.15) is 0 Å². The standard InChI is InChI=1S/C19H23ClN2O3S/c1-15-14-17(20)8-9-18(15)21-19(23)11-13-22(26(2,24)25)12-10-16-6-4-3-5-7-16/h3-9,14H,10-13H2,1-2H3,(H,21,23). The van der Waals surface area contributed by atoms with Crippen molar-refractivity contribution in [3.8, 4) is 0 Å². The van der Waals surface area contributed by atoms with Crippen molar-refractivity contribution >= 4 is 33.2 Å². The molecule has 0 radical (unpaired) electrons. The number of aryl methyl sites for hydroxylation is 1. The Morgan fingerprint density at radius 1 is 1.12 bits per heavy atom. The molecule has 140 valence electrons. The smallest absolute Gasteiger partial charge is 0.225 e. The lowest BCUT2D eigenvalue weighted by Gasteiger charge is -2.20. The Kier molecular flexibility index (Phi) is 7.20. The lowest BCUT2D eigenvalue weighted by molar-refractivity contribution is -0.116. The molecule has 0 unspecified atom stereocenters. The Balaban J connectivity index is 1.92. The maximum absolute atomic E-state index is 12.2.